The van der Waals surface area contributed by atoms with Crippen LogP contribution in [0.3, 0.4) is 0 Å². The monoisotopic (exact) mass is 345 g/mol. The molecule has 25 heavy (non-hydrogen) atoms. The van der Waals surface area contributed by atoms with E-state index < -0.39 is 0 Å². The summed E-state index contributed by atoms with van der Waals surface area (Å²) < 4.78 is 16.2. The molecule has 1 aromatic heterocycles. The second-order valence-electron chi connectivity index (χ2n) is 6.06. The first kappa shape index (κ1) is 17.6. The third-order valence-electron chi connectivity index (χ3n) is 4.19. The SMILES string of the molecule is COC(=O)CCN(Cc1nnc(-c2ccccc2)o1)CC1CCCO1. The predicted molar refractivity (Wildman–Crippen MR) is 90.6 cm³/mol. The summed E-state index contributed by atoms with van der Waals surface area (Å²) in [5, 5.41) is 8.26. The molecule has 134 valence electrons. The van der Waals surface area contributed by atoms with Crippen LogP contribution in [-0.4, -0.2) is 54.0 Å². The van der Waals surface area contributed by atoms with Crippen LogP contribution in [0.25, 0.3) is 11.5 Å². The van der Waals surface area contributed by atoms with Crippen LogP contribution in [0.5, 0.6) is 0 Å². The molecule has 1 atom stereocenters. The van der Waals surface area contributed by atoms with Crippen molar-refractivity contribution in [2.45, 2.75) is 31.9 Å². The molecular formula is C18H23N3O4. The van der Waals surface area contributed by atoms with Gasteiger partial charge in [0.25, 0.3) is 0 Å². The van der Waals surface area contributed by atoms with Crippen molar-refractivity contribution in [1.82, 2.24) is 15.1 Å². The van der Waals surface area contributed by atoms with Gasteiger partial charge in [-0.1, -0.05) is 18.2 Å². The van der Waals surface area contributed by atoms with Crippen LogP contribution < -0.4 is 0 Å². The van der Waals surface area contributed by atoms with Crippen LogP contribution in [-0.2, 0) is 20.8 Å². The van der Waals surface area contributed by atoms with Gasteiger partial charge in [-0.3, -0.25) is 9.69 Å². The first-order valence-electron chi connectivity index (χ1n) is 8.53. The minimum absolute atomic E-state index is 0.189. The number of nitrogens with zero attached hydrogens (tertiary/aromatic N) is 3. The molecule has 1 saturated heterocycles. The molecule has 2 heterocycles. The number of benzene rings is 1. The van der Waals surface area contributed by atoms with Crippen LogP contribution in [0.1, 0.15) is 25.2 Å². The molecule has 1 aliphatic heterocycles. The summed E-state index contributed by atoms with van der Waals surface area (Å²) in [4.78, 5) is 13.6. The molecule has 0 bridgehead atoms. The number of aromatic nitrogens is 2. The number of hydrogen-bond acceptors (Lipinski definition) is 7. The van der Waals surface area contributed by atoms with E-state index in [1.165, 1.54) is 7.11 Å². The molecule has 0 amide bonds. The largest absolute Gasteiger partial charge is 0.469 e. The number of carbonyl (C=O) groups is 1. The minimum Gasteiger partial charge on any atom is -0.469 e. The molecule has 0 aliphatic carbocycles. The molecule has 0 saturated carbocycles. The van der Waals surface area contributed by atoms with Gasteiger partial charge in [0.2, 0.25) is 11.8 Å². The first-order valence-corrected chi connectivity index (χ1v) is 8.53. The third kappa shape index (κ3) is 5.11. The Morgan fingerprint density at radius 1 is 1.32 bits per heavy atom. The van der Waals surface area contributed by atoms with Crippen LogP contribution >= 0.6 is 0 Å². The van der Waals surface area contributed by atoms with Gasteiger partial charge in [0.15, 0.2) is 0 Å². The van der Waals surface area contributed by atoms with E-state index in [1.54, 1.807) is 0 Å². The van der Waals surface area contributed by atoms with Crippen molar-refractivity contribution >= 4 is 5.97 Å². The molecular weight excluding hydrogens is 322 g/mol. The summed E-state index contributed by atoms with van der Waals surface area (Å²) in [6.45, 7) is 2.58. The number of carbonyl (C=O) groups excluding carboxylic acids is 1. The normalized spacial score (nSPS) is 17.1. The molecule has 0 spiro atoms. The topological polar surface area (TPSA) is 77.7 Å². The van der Waals surface area contributed by atoms with Crippen molar-refractivity contribution in [3.8, 4) is 11.5 Å². The van der Waals surface area contributed by atoms with Crippen molar-refractivity contribution in [3.63, 3.8) is 0 Å². The average Bonchev–Trinajstić information content (AvgIpc) is 3.32. The molecule has 1 aromatic carbocycles. The van der Waals surface area contributed by atoms with Gasteiger partial charge in [-0.15, -0.1) is 10.2 Å². The predicted octanol–water partition coefficient (Wildman–Crippen LogP) is 2.28. The number of hydrogen-bond donors (Lipinski definition) is 0. The summed E-state index contributed by atoms with van der Waals surface area (Å²) in [5.74, 6) is 0.801. The van der Waals surface area contributed by atoms with E-state index in [1.807, 2.05) is 30.3 Å². The molecule has 1 fully saturated rings. The van der Waals surface area contributed by atoms with Gasteiger partial charge in [0.05, 0.1) is 26.2 Å². The molecule has 0 radical (unpaired) electrons. The lowest BCUT2D eigenvalue weighted by Crippen LogP contribution is -2.33. The molecule has 2 aromatic rings. The van der Waals surface area contributed by atoms with Crippen molar-refractivity contribution in [2.24, 2.45) is 0 Å². The van der Waals surface area contributed by atoms with E-state index in [0.29, 0.717) is 31.3 Å². The summed E-state index contributed by atoms with van der Waals surface area (Å²) in [5.41, 5.74) is 0.890. The van der Waals surface area contributed by atoms with Gasteiger partial charge < -0.3 is 13.9 Å². The first-order chi connectivity index (χ1) is 12.2. The van der Waals surface area contributed by atoms with Gasteiger partial charge in [-0.05, 0) is 25.0 Å². The fourth-order valence-electron chi connectivity index (χ4n) is 2.87. The average molecular weight is 345 g/mol. The lowest BCUT2D eigenvalue weighted by molar-refractivity contribution is -0.141. The molecule has 1 aliphatic rings. The highest BCUT2D eigenvalue weighted by atomic mass is 16.5. The van der Waals surface area contributed by atoms with Gasteiger partial charge in [0.1, 0.15) is 0 Å². The summed E-state index contributed by atoms with van der Waals surface area (Å²) in [6.07, 6.45) is 2.62. The number of rotatable bonds is 8. The highest BCUT2D eigenvalue weighted by Gasteiger charge is 2.21. The lowest BCUT2D eigenvalue weighted by atomic mass is 10.2. The zero-order valence-corrected chi connectivity index (χ0v) is 14.4. The summed E-state index contributed by atoms with van der Waals surface area (Å²) >= 11 is 0. The van der Waals surface area contributed by atoms with Crippen molar-refractivity contribution in [2.75, 3.05) is 26.8 Å². The van der Waals surface area contributed by atoms with E-state index in [4.69, 9.17) is 13.9 Å². The number of esters is 1. The zero-order valence-electron chi connectivity index (χ0n) is 14.4. The van der Waals surface area contributed by atoms with Crippen LogP contribution in [0, 0.1) is 0 Å². The Balaban J connectivity index is 1.64. The van der Waals surface area contributed by atoms with Gasteiger partial charge in [-0.2, -0.15) is 0 Å². The maximum absolute atomic E-state index is 11.5. The number of methoxy groups -OCH3 is 1. The number of ether oxygens (including phenoxy) is 2. The Morgan fingerprint density at radius 3 is 2.88 bits per heavy atom. The summed E-state index contributed by atoms with van der Waals surface area (Å²) in [7, 11) is 1.40. The second-order valence-corrected chi connectivity index (χ2v) is 6.06. The van der Waals surface area contributed by atoms with Crippen molar-refractivity contribution in [3.05, 3.63) is 36.2 Å². The van der Waals surface area contributed by atoms with E-state index in [0.717, 1.165) is 31.6 Å². The van der Waals surface area contributed by atoms with E-state index in [-0.39, 0.29) is 12.1 Å². The standard InChI is InChI=1S/C18H23N3O4/c1-23-17(22)9-10-21(12-15-8-5-11-24-15)13-16-19-20-18(25-16)14-6-3-2-4-7-14/h2-4,6-7,15H,5,8-13H2,1H3. The lowest BCUT2D eigenvalue weighted by Gasteiger charge is -2.23. The van der Waals surface area contributed by atoms with Gasteiger partial charge in [-0.25, -0.2) is 0 Å². The van der Waals surface area contributed by atoms with Crippen LogP contribution in [0.2, 0.25) is 0 Å². The van der Waals surface area contributed by atoms with Crippen molar-refractivity contribution < 1.29 is 18.7 Å². The molecule has 1 unspecified atom stereocenters. The smallest absolute Gasteiger partial charge is 0.306 e. The third-order valence-corrected chi connectivity index (χ3v) is 4.19. The van der Waals surface area contributed by atoms with E-state index in [9.17, 15) is 4.79 Å². The fraction of sp³-hybridized carbons (Fsp3) is 0.500. The van der Waals surface area contributed by atoms with Gasteiger partial charge in [0, 0.05) is 25.3 Å². The maximum Gasteiger partial charge on any atom is 0.306 e. The zero-order chi connectivity index (χ0) is 17.5. The Hall–Kier alpha value is -2.25. The fourth-order valence-corrected chi connectivity index (χ4v) is 2.87. The van der Waals surface area contributed by atoms with Crippen LogP contribution in [0.4, 0.5) is 0 Å². The maximum atomic E-state index is 11.5. The summed E-state index contributed by atoms with van der Waals surface area (Å²) in [6, 6.07) is 9.66. The quantitative estimate of drug-likeness (QED) is 0.679. The Morgan fingerprint density at radius 2 is 2.16 bits per heavy atom. The molecule has 7 nitrogen and oxygen atoms in total. The second kappa shape index (κ2) is 8.73. The van der Waals surface area contributed by atoms with Gasteiger partial charge >= 0.3 is 5.97 Å². The molecule has 7 heteroatoms. The van der Waals surface area contributed by atoms with Crippen molar-refractivity contribution in [1.29, 1.82) is 0 Å². The highest BCUT2D eigenvalue weighted by Crippen LogP contribution is 2.19. The molecule has 3 rings (SSSR count). The molecule has 0 N–H and O–H groups in total. The van der Waals surface area contributed by atoms with E-state index in [2.05, 4.69) is 15.1 Å². The Kier molecular flexibility index (Phi) is 6.14. The minimum atomic E-state index is -0.229. The van der Waals surface area contributed by atoms with Crippen LogP contribution in [0.15, 0.2) is 34.7 Å². The Bertz CT molecular complexity index is 668. The van der Waals surface area contributed by atoms with E-state index >= 15 is 0 Å². The Labute approximate surface area is 146 Å². The highest BCUT2D eigenvalue weighted by molar-refractivity contribution is 5.69.